The van der Waals surface area contributed by atoms with Crippen molar-refractivity contribution in [1.29, 1.82) is 0 Å². The molecule has 8 heteroatoms. The number of thiazole rings is 1. The minimum Gasteiger partial charge on any atom is -0.458 e. The van der Waals surface area contributed by atoms with Gasteiger partial charge in [0.25, 0.3) is 0 Å². The van der Waals surface area contributed by atoms with Crippen molar-refractivity contribution in [1.82, 2.24) is 4.98 Å². The topological polar surface area (TPSA) is 109 Å². The number of nitrogens with zero attached hydrogens (tertiary/aromatic N) is 1. The quantitative estimate of drug-likeness (QED) is 0.351. The largest absolute Gasteiger partial charge is 0.458 e. The van der Waals surface area contributed by atoms with Crippen LogP contribution in [0.25, 0.3) is 6.08 Å². The molecule has 0 unspecified atom stereocenters. The molecule has 7 nitrogen and oxygen atoms in total. The number of aliphatic hydroxyl groups excluding tert-OH is 2. The van der Waals surface area contributed by atoms with Crippen LogP contribution in [0.15, 0.2) is 23.1 Å². The Morgan fingerprint density at radius 2 is 1.91 bits per heavy atom. The number of carbonyl (C=O) groups is 2. The molecule has 2 N–H and O–H groups in total. The van der Waals surface area contributed by atoms with Crippen LogP contribution in [0.4, 0.5) is 0 Å². The Balaban J connectivity index is 1.89. The number of ketones is 1. The minimum absolute atomic E-state index is 0.0968. The smallest absolute Gasteiger partial charge is 0.309 e. The van der Waals surface area contributed by atoms with Gasteiger partial charge in [0.15, 0.2) is 0 Å². The highest BCUT2D eigenvalue weighted by molar-refractivity contribution is 7.09. The summed E-state index contributed by atoms with van der Waals surface area (Å²) >= 11 is 1.55. The molecule has 0 amide bonds. The van der Waals surface area contributed by atoms with Gasteiger partial charge in [0.05, 0.1) is 46.5 Å². The maximum atomic E-state index is 13.2. The Labute approximate surface area is 212 Å². The van der Waals surface area contributed by atoms with E-state index < -0.39 is 35.6 Å². The predicted octanol–water partition coefficient (Wildman–Crippen LogP) is 4.25. The number of aliphatic hydroxyl groups is 2. The minimum atomic E-state index is -1.25. The molecule has 0 radical (unpaired) electrons. The predicted molar refractivity (Wildman–Crippen MR) is 136 cm³/mol. The molecule has 0 aromatic carbocycles. The second-order valence-corrected chi connectivity index (χ2v) is 12.0. The fraction of sp³-hybridized carbons (Fsp3) is 0.667. The summed E-state index contributed by atoms with van der Waals surface area (Å²) in [6.07, 6.45) is 3.84. The number of rotatable bonds is 2. The van der Waals surface area contributed by atoms with Crippen molar-refractivity contribution in [2.24, 2.45) is 17.3 Å². The first-order valence-corrected chi connectivity index (χ1v) is 13.2. The van der Waals surface area contributed by atoms with Gasteiger partial charge in [-0.25, -0.2) is 4.98 Å². The van der Waals surface area contributed by atoms with Crippen molar-refractivity contribution < 1.29 is 29.3 Å². The van der Waals surface area contributed by atoms with Crippen LogP contribution in [0.1, 0.15) is 71.5 Å². The van der Waals surface area contributed by atoms with Crippen LogP contribution in [0, 0.1) is 24.2 Å². The lowest BCUT2D eigenvalue weighted by Gasteiger charge is -2.34. The van der Waals surface area contributed by atoms with E-state index in [0.717, 1.165) is 16.3 Å². The number of aromatic nitrogens is 1. The number of carbonyl (C=O) groups excluding carboxylic acids is 2. The van der Waals surface area contributed by atoms with Gasteiger partial charge in [0, 0.05) is 23.6 Å². The molecule has 194 valence electrons. The van der Waals surface area contributed by atoms with Crippen molar-refractivity contribution in [3.63, 3.8) is 0 Å². The van der Waals surface area contributed by atoms with Gasteiger partial charge in [-0.05, 0) is 38.8 Å². The first kappa shape index (κ1) is 27.7. The van der Waals surface area contributed by atoms with Crippen LogP contribution in [0.3, 0.4) is 0 Å². The summed E-state index contributed by atoms with van der Waals surface area (Å²) in [6, 6.07) is 0. The molecule has 0 aliphatic carbocycles. The van der Waals surface area contributed by atoms with Crippen molar-refractivity contribution in [2.75, 3.05) is 0 Å². The number of aryl methyl sites for hydroxylation is 1. The normalized spacial score (nSPS) is 37.0. The van der Waals surface area contributed by atoms with Crippen LogP contribution in [-0.2, 0) is 19.1 Å². The highest BCUT2D eigenvalue weighted by Crippen LogP contribution is 2.44. The van der Waals surface area contributed by atoms with E-state index in [2.05, 4.69) is 4.98 Å². The number of hydrogen-bond acceptors (Lipinski definition) is 8. The molecule has 1 aromatic heterocycles. The Hall–Kier alpha value is -1.87. The molecule has 7 atom stereocenters. The molecule has 2 aliphatic rings. The van der Waals surface area contributed by atoms with E-state index in [1.807, 2.05) is 51.3 Å². The van der Waals surface area contributed by atoms with Gasteiger partial charge in [-0.15, -0.1) is 11.3 Å². The lowest BCUT2D eigenvalue weighted by Crippen LogP contribution is -2.45. The van der Waals surface area contributed by atoms with Crippen LogP contribution in [0.5, 0.6) is 0 Å². The van der Waals surface area contributed by atoms with E-state index in [0.29, 0.717) is 12.8 Å². The monoisotopic (exact) mass is 505 g/mol. The average Bonchev–Trinajstić information content (AvgIpc) is 3.22. The molecule has 0 spiro atoms. The molecule has 35 heavy (non-hydrogen) atoms. The maximum absolute atomic E-state index is 13.2. The molecule has 3 heterocycles. The van der Waals surface area contributed by atoms with E-state index in [1.165, 1.54) is 0 Å². The van der Waals surface area contributed by atoms with E-state index in [4.69, 9.17) is 9.47 Å². The molecule has 1 fully saturated rings. The zero-order valence-corrected chi connectivity index (χ0v) is 22.6. The van der Waals surface area contributed by atoms with Gasteiger partial charge < -0.3 is 19.7 Å². The molecule has 0 saturated carbocycles. The fourth-order valence-corrected chi connectivity index (χ4v) is 5.24. The van der Waals surface area contributed by atoms with Gasteiger partial charge in [-0.2, -0.15) is 0 Å². The molecular formula is C27H39NO6S. The standard InChI is InChI=1S/C27H39NO6S/c1-15-9-8-10-27(7)22(34-27)12-20(16(2)11-19-14-35-18(4)28-19)33-23(30)13-21(29)26(5,6)25(32)17(3)24(15)31/h8-9,11,14-15,17,20-22,24,29,31H,10,12-13H2,1-7H3/b9-8?,16-11+/t15-,17+,20-,21-,22-,24-,27+/m0/s1. The fourth-order valence-electron chi connectivity index (χ4n) is 4.67. The summed E-state index contributed by atoms with van der Waals surface area (Å²) in [5.41, 5.74) is 0.0391. The van der Waals surface area contributed by atoms with Gasteiger partial charge >= 0.3 is 5.97 Å². The SMILES string of the molecule is C/C(=C\c1csc(C)n1)[C@@H]1C[C@@H]2O[C@]2(C)CC=C[C@H](C)[C@H](O)[C@@H](C)C(=O)C(C)(C)[C@@H](O)CC(=O)O1. The third kappa shape index (κ3) is 6.47. The van der Waals surface area contributed by atoms with E-state index in [-0.39, 0.29) is 29.8 Å². The molecule has 2 aliphatic heterocycles. The van der Waals surface area contributed by atoms with Crippen molar-refractivity contribution in [2.45, 2.75) is 97.7 Å². The summed E-state index contributed by atoms with van der Waals surface area (Å²) in [5, 5.41) is 24.5. The summed E-state index contributed by atoms with van der Waals surface area (Å²) in [7, 11) is 0. The Morgan fingerprint density at radius 3 is 2.54 bits per heavy atom. The second-order valence-electron chi connectivity index (χ2n) is 10.9. The number of hydrogen-bond donors (Lipinski definition) is 2. The summed E-state index contributed by atoms with van der Waals surface area (Å²) in [4.78, 5) is 30.6. The summed E-state index contributed by atoms with van der Waals surface area (Å²) in [6.45, 7) is 12.6. The van der Waals surface area contributed by atoms with Crippen molar-refractivity contribution >= 4 is 29.2 Å². The van der Waals surface area contributed by atoms with Gasteiger partial charge in [0.2, 0.25) is 0 Å². The van der Waals surface area contributed by atoms with Crippen LogP contribution in [0.2, 0.25) is 0 Å². The number of cyclic esters (lactones) is 1. The zero-order chi connectivity index (χ0) is 26.1. The number of epoxide rings is 1. The third-order valence-electron chi connectivity index (χ3n) is 7.51. The van der Waals surface area contributed by atoms with Gasteiger partial charge in [-0.1, -0.05) is 39.8 Å². The van der Waals surface area contributed by atoms with Crippen LogP contribution >= 0.6 is 11.3 Å². The first-order valence-electron chi connectivity index (χ1n) is 12.3. The van der Waals surface area contributed by atoms with E-state index >= 15 is 0 Å². The Kier molecular flexibility index (Phi) is 8.41. The second kappa shape index (κ2) is 10.6. The third-order valence-corrected chi connectivity index (χ3v) is 8.30. The highest BCUT2D eigenvalue weighted by Gasteiger charge is 2.52. The van der Waals surface area contributed by atoms with Crippen molar-refractivity contribution in [3.8, 4) is 0 Å². The van der Waals surface area contributed by atoms with Crippen LogP contribution in [-0.4, -0.2) is 57.0 Å². The molecule has 3 rings (SSSR count). The molecular weight excluding hydrogens is 466 g/mol. The molecule has 1 saturated heterocycles. The number of Topliss-reactive ketones (excluding diaryl/α,β-unsaturated/α-hetero) is 1. The zero-order valence-electron chi connectivity index (χ0n) is 21.8. The average molecular weight is 506 g/mol. The maximum Gasteiger partial charge on any atom is 0.309 e. The van der Waals surface area contributed by atoms with Crippen LogP contribution < -0.4 is 0 Å². The summed E-state index contributed by atoms with van der Waals surface area (Å²) < 4.78 is 11.9. The highest BCUT2D eigenvalue weighted by atomic mass is 32.1. The van der Waals surface area contributed by atoms with Gasteiger partial charge in [-0.3, -0.25) is 9.59 Å². The molecule has 1 aromatic rings. The Bertz CT molecular complexity index is 998. The summed E-state index contributed by atoms with van der Waals surface area (Å²) in [5.74, 6) is -1.83. The van der Waals surface area contributed by atoms with Gasteiger partial charge in [0.1, 0.15) is 11.9 Å². The van der Waals surface area contributed by atoms with Crippen molar-refractivity contribution in [3.05, 3.63) is 33.8 Å². The lowest BCUT2D eigenvalue weighted by molar-refractivity contribution is -0.154. The Morgan fingerprint density at radius 1 is 1.23 bits per heavy atom. The first-order chi connectivity index (χ1) is 16.2. The number of esters is 1. The lowest BCUT2D eigenvalue weighted by atomic mass is 9.73. The van der Waals surface area contributed by atoms with E-state index in [9.17, 15) is 19.8 Å². The number of ether oxygens (including phenoxy) is 2. The number of fused-ring (bicyclic) bond motifs is 1. The molecule has 0 bridgehead atoms. The van der Waals surface area contributed by atoms with E-state index in [1.54, 1.807) is 32.1 Å².